The number of hydrogen-bond acceptors (Lipinski definition) is 5. The molecule has 4 rings (SSSR count). The van der Waals surface area contributed by atoms with E-state index >= 15 is 4.39 Å². The Morgan fingerprint density at radius 1 is 0.944 bits per heavy atom. The van der Waals surface area contributed by atoms with Crippen LogP contribution in [0.1, 0.15) is 153 Å². The number of rotatable bonds is 18. The lowest BCUT2D eigenvalue weighted by Gasteiger charge is -2.28. The second kappa shape index (κ2) is 29.2. The van der Waals surface area contributed by atoms with Crippen LogP contribution in [0.15, 0.2) is 18.2 Å². The summed E-state index contributed by atoms with van der Waals surface area (Å²) in [6.07, 6.45) is 7.58. The van der Waals surface area contributed by atoms with E-state index in [9.17, 15) is 23.6 Å². The van der Waals surface area contributed by atoms with Gasteiger partial charge in [0.15, 0.2) is 5.67 Å². The Bertz CT molecular complexity index is 1190. The maximum absolute atomic E-state index is 15.1. The molecule has 4 N–H and O–H groups in total. The maximum atomic E-state index is 15.1. The van der Waals surface area contributed by atoms with Gasteiger partial charge in [-0.05, 0) is 99.7 Å². The molecule has 3 aliphatic rings. The number of carbonyl (C=O) groups is 4. The highest BCUT2D eigenvalue weighted by molar-refractivity contribution is 5.99. The molecule has 4 amide bonds. The number of carbonyl (C=O) groups excluding carboxylic acids is 4. The van der Waals surface area contributed by atoms with Gasteiger partial charge in [0, 0.05) is 26.6 Å². The summed E-state index contributed by atoms with van der Waals surface area (Å²) in [6, 6.07) is 3.73. The van der Waals surface area contributed by atoms with Crippen LogP contribution < -0.4 is 16.4 Å². The monoisotopic (exact) mass is 769 g/mol. The standard InChI is InChI=1S/C31H45F2N3O3.C4H9NO2.4C2H6/c1-4-6-17-36(19-20(3)5-2)26(37)14-8-21-7-13-25(24(32)18-21)34-29(38)28(35-30(39)31(33)15-16-31)27(22-9-10-22)23-11-12-23;1-3(7-2)4(5)6;4*1-2/h7,13,18,20,22-23,27-28H,4-6,8-12,14-17,19H2,1-3H3,(H,34,38)(H,35,39);3H,1-2H3,(H2,5,6);4*1-2H3/t20-,28?;;;;;/m1...../s1. The number of anilines is 1. The van der Waals surface area contributed by atoms with Crippen LogP contribution in [-0.4, -0.2) is 66.5 Å². The Hall–Kier alpha value is -3.08. The van der Waals surface area contributed by atoms with Crippen LogP contribution in [0.2, 0.25) is 0 Å². The summed E-state index contributed by atoms with van der Waals surface area (Å²) in [4.78, 5) is 50.8. The lowest BCUT2D eigenvalue weighted by atomic mass is 9.88. The molecule has 314 valence electrons. The van der Waals surface area contributed by atoms with Gasteiger partial charge in [0.1, 0.15) is 18.0 Å². The van der Waals surface area contributed by atoms with Crippen LogP contribution in [0.5, 0.6) is 0 Å². The Morgan fingerprint density at radius 2 is 1.48 bits per heavy atom. The number of aryl methyl sites for hydroxylation is 1. The molecule has 0 spiro atoms. The third kappa shape index (κ3) is 19.5. The van der Waals surface area contributed by atoms with Gasteiger partial charge in [0.25, 0.3) is 5.91 Å². The van der Waals surface area contributed by atoms with Crippen LogP contribution in [0, 0.1) is 29.5 Å². The average Bonchev–Trinajstić information content (AvgIpc) is 4.06. The molecule has 1 aromatic rings. The minimum absolute atomic E-state index is 0.0300. The first-order valence-electron chi connectivity index (χ1n) is 21.0. The number of amides is 4. The van der Waals surface area contributed by atoms with E-state index in [1.807, 2.05) is 60.3 Å². The summed E-state index contributed by atoms with van der Waals surface area (Å²) in [5, 5.41) is 5.37. The zero-order valence-corrected chi connectivity index (χ0v) is 36.2. The van der Waals surface area contributed by atoms with Crippen molar-refractivity contribution in [1.82, 2.24) is 10.2 Å². The molecule has 0 aromatic heterocycles. The van der Waals surface area contributed by atoms with Crippen LogP contribution in [0.4, 0.5) is 14.5 Å². The number of nitrogens with zero attached hydrogens (tertiary/aromatic N) is 1. The first kappa shape index (κ1) is 53.0. The number of methoxy groups -OCH3 is 1. The van der Waals surface area contributed by atoms with Crippen LogP contribution >= 0.6 is 0 Å². The van der Waals surface area contributed by atoms with Crippen molar-refractivity contribution in [2.45, 2.75) is 172 Å². The fourth-order valence-electron chi connectivity index (χ4n) is 5.56. The minimum atomic E-state index is -1.87. The van der Waals surface area contributed by atoms with E-state index in [0.717, 1.165) is 58.0 Å². The van der Waals surface area contributed by atoms with E-state index in [-0.39, 0.29) is 30.4 Å². The van der Waals surface area contributed by atoms with E-state index < -0.39 is 41.4 Å². The molecule has 1 aromatic carbocycles. The van der Waals surface area contributed by atoms with E-state index in [4.69, 9.17) is 5.73 Å². The predicted octanol–water partition coefficient (Wildman–Crippen LogP) is 9.41. The van der Waals surface area contributed by atoms with Gasteiger partial charge in [0.05, 0.1) is 5.69 Å². The Morgan fingerprint density at radius 3 is 1.87 bits per heavy atom. The average molecular weight is 769 g/mol. The van der Waals surface area contributed by atoms with Gasteiger partial charge in [-0.1, -0.05) is 95.1 Å². The molecule has 54 heavy (non-hydrogen) atoms. The number of halogens is 2. The van der Waals surface area contributed by atoms with Gasteiger partial charge in [-0.15, -0.1) is 0 Å². The maximum Gasteiger partial charge on any atom is 0.258 e. The summed E-state index contributed by atoms with van der Waals surface area (Å²) in [6.45, 7) is 25.4. The first-order valence-corrected chi connectivity index (χ1v) is 21.0. The number of nitrogens with two attached hydrogens (primary N) is 1. The second-order valence-corrected chi connectivity index (χ2v) is 13.5. The Balaban J connectivity index is 0. The second-order valence-electron chi connectivity index (χ2n) is 13.5. The quantitative estimate of drug-likeness (QED) is 0.137. The van der Waals surface area contributed by atoms with Crippen molar-refractivity contribution in [3.05, 3.63) is 29.6 Å². The summed E-state index contributed by atoms with van der Waals surface area (Å²) in [7, 11) is 1.44. The number of hydrogen-bond donors (Lipinski definition) is 3. The fourth-order valence-corrected chi connectivity index (χ4v) is 5.56. The summed E-state index contributed by atoms with van der Waals surface area (Å²) in [5.74, 6) is -1.09. The Labute approximate surface area is 327 Å². The molecule has 0 radical (unpaired) electrons. The fraction of sp³-hybridized carbons (Fsp3) is 0.767. The van der Waals surface area contributed by atoms with Crippen LogP contribution in [0.3, 0.4) is 0 Å². The predicted molar refractivity (Wildman–Crippen MR) is 219 cm³/mol. The number of benzene rings is 1. The number of ether oxygens (including phenoxy) is 1. The van der Waals surface area contributed by atoms with Gasteiger partial charge >= 0.3 is 0 Å². The van der Waals surface area contributed by atoms with Crippen molar-refractivity contribution < 1.29 is 32.7 Å². The molecule has 3 saturated carbocycles. The van der Waals surface area contributed by atoms with E-state index in [2.05, 4.69) is 36.1 Å². The molecule has 3 atom stereocenters. The van der Waals surface area contributed by atoms with E-state index in [1.54, 1.807) is 13.0 Å². The van der Waals surface area contributed by atoms with Gasteiger partial charge < -0.3 is 26.0 Å². The molecule has 2 unspecified atom stereocenters. The molecule has 9 nitrogen and oxygen atoms in total. The number of primary amides is 1. The normalized spacial score (nSPS) is 16.1. The summed E-state index contributed by atoms with van der Waals surface area (Å²) < 4.78 is 34.1. The highest BCUT2D eigenvalue weighted by Crippen LogP contribution is 2.51. The van der Waals surface area contributed by atoms with E-state index in [1.165, 1.54) is 19.2 Å². The summed E-state index contributed by atoms with van der Waals surface area (Å²) >= 11 is 0. The van der Waals surface area contributed by atoms with Crippen molar-refractivity contribution >= 4 is 29.3 Å². The lowest BCUT2D eigenvalue weighted by Crippen LogP contribution is -2.52. The first-order chi connectivity index (χ1) is 25.8. The van der Waals surface area contributed by atoms with Gasteiger partial charge in [0.2, 0.25) is 17.7 Å². The van der Waals surface area contributed by atoms with Gasteiger partial charge in [-0.25, -0.2) is 8.78 Å². The minimum Gasteiger partial charge on any atom is -0.372 e. The smallest absolute Gasteiger partial charge is 0.258 e. The van der Waals surface area contributed by atoms with Crippen molar-refractivity contribution in [1.29, 1.82) is 0 Å². The third-order valence-electron chi connectivity index (χ3n) is 9.42. The SMILES string of the molecule is CC.CC.CC.CC.CCCCN(C[C@H](C)CC)C(=O)CCc1ccc(NC(=O)C(NC(=O)C2(F)CC2)C(C2CC2)C2CC2)c(F)c1.COC(C)C(N)=O. The highest BCUT2D eigenvalue weighted by Gasteiger charge is 2.54. The summed E-state index contributed by atoms with van der Waals surface area (Å²) in [5.41, 5.74) is 3.62. The lowest BCUT2D eigenvalue weighted by molar-refractivity contribution is -0.132. The molecule has 0 saturated heterocycles. The molecule has 11 heteroatoms. The zero-order valence-electron chi connectivity index (χ0n) is 36.2. The Kier molecular flexibility index (Phi) is 28.7. The largest absolute Gasteiger partial charge is 0.372 e. The molecular formula is C43H78F2N4O5. The van der Waals surface area contributed by atoms with Crippen molar-refractivity contribution in [2.24, 2.45) is 29.4 Å². The van der Waals surface area contributed by atoms with E-state index in [0.29, 0.717) is 36.2 Å². The van der Waals surface area contributed by atoms with Crippen LogP contribution in [-0.2, 0) is 30.3 Å². The molecule has 0 heterocycles. The molecule has 3 fully saturated rings. The van der Waals surface area contributed by atoms with Crippen molar-refractivity contribution in [2.75, 3.05) is 25.5 Å². The topological polar surface area (TPSA) is 131 Å². The van der Waals surface area contributed by atoms with Crippen LogP contribution in [0.25, 0.3) is 0 Å². The molecular weight excluding hydrogens is 690 g/mol. The van der Waals surface area contributed by atoms with Gasteiger partial charge in [-0.3, -0.25) is 19.2 Å². The highest BCUT2D eigenvalue weighted by atomic mass is 19.1. The number of nitrogens with one attached hydrogen (secondary N) is 2. The zero-order chi connectivity index (χ0) is 42.0. The van der Waals surface area contributed by atoms with Gasteiger partial charge in [-0.2, -0.15) is 0 Å². The van der Waals surface area contributed by atoms with Crippen molar-refractivity contribution in [3.63, 3.8) is 0 Å². The molecule has 0 aliphatic heterocycles. The molecule has 3 aliphatic carbocycles. The van der Waals surface area contributed by atoms with Crippen molar-refractivity contribution in [3.8, 4) is 0 Å². The number of alkyl halides is 1. The molecule has 0 bridgehead atoms. The number of unbranched alkanes of at least 4 members (excludes halogenated alkanes) is 1. The third-order valence-corrected chi connectivity index (χ3v) is 9.42.